The predicted molar refractivity (Wildman–Crippen MR) is 85.1 cm³/mol. The number of amides is 1. The van der Waals surface area contributed by atoms with Gasteiger partial charge in [0.25, 0.3) is 5.91 Å². The van der Waals surface area contributed by atoms with E-state index in [9.17, 15) is 14.4 Å². The molecule has 0 fully saturated rings. The number of aryl methyl sites for hydroxylation is 1. The summed E-state index contributed by atoms with van der Waals surface area (Å²) in [4.78, 5) is 36.6. The number of carbonyl (C=O) groups is 2. The minimum absolute atomic E-state index is 0.185. The van der Waals surface area contributed by atoms with Crippen LogP contribution in [0.3, 0.4) is 0 Å². The van der Waals surface area contributed by atoms with Crippen LogP contribution in [0.5, 0.6) is 0 Å². The van der Waals surface area contributed by atoms with Gasteiger partial charge in [-0.2, -0.15) is 5.10 Å². The Hall–Kier alpha value is -2.70. The van der Waals surface area contributed by atoms with Gasteiger partial charge in [-0.3, -0.25) is 14.3 Å². The molecule has 0 bridgehead atoms. The van der Waals surface area contributed by atoms with Gasteiger partial charge in [0, 0.05) is 12.4 Å². The lowest BCUT2D eigenvalue weighted by Crippen LogP contribution is -2.46. The molecule has 122 valence electrons. The van der Waals surface area contributed by atoms with Crippen molar-refractivity contribution in [3.8, 4) is 0 Å². The number of nitrogens with one attached hydrogen (secondary N) is 1. The molecule has 2 aromatic rings. The summed E-state index contributed by atoms with van der Waals surface area (Å²) in [6.45, 7) is 3.54. The zero-order valence-electron chi connectivity index (χ0n) is 13.5. The molecule has 1 aromatic carbocycles. The fourth-order valence-electron chi connectivity index (χ4n) is 2.31. The summed E-state index contributed by atoms with van der Waals surface area (Å²) in [6.07, 6.45) is 0. The maximum absolute atomic E-state index is 12.5. The van der Waals surface area contributed by atoms with E-state index in [-0.39, 0.29) is 11.6 Å². The molecule has 0 aliphatic heterocycles. The van der Waals surface area contributed by atoms with Crippen LogP contribution in [0.2, 0.25) is 0 Å². The summed E-state index contributed by atoms with van der Waals surface area (Å²) in [5.41, 5.74) is -0.0910. The van der Waals surface area contributed by atoms with Crippen molar-refractivity contribution in [3.05, 3.63) is 40.2 Å². The second-order valence-corrected chi connectivity index (χ2v) is 5.54. The molecule has 1 unspecified atom stereocenters. The van der Waals surface area contributed by atoms with Gasteiger partial charge in [0.15, 0.2) is 5.69 Å². The van der Waals surface area contributed by atoms with Gasteiger partial charge in [-0.15, -0.1) is 0 Å². The predicted octanol–water partition coefficient (Wildman–Crippen LogP) is 0.861. The van der Waals surface area contributed by atoms with Crippen LogP contribution >= 0.6 is 0 Å². The van der Waals surface area contributed by atoms with Crippen LogP contribution in [-0.2, 0) is 16.6 Å². The third-order valence-corrected chi connectivity index (χ3v) is 3.59. The molecule has 0 saturated heterocycles. The number of carbonyl (C=O) groups excluding carboxylic acids is 2. The molecule has 1 amide bonds. The first-order chi connectivity index (χ1) is 10.9. The lowest BCUT2D eigenvalue weighted by atomic mass is 10.0. The van der Waals surface area contributed by atoms with E-state index < -0.39 is 23.3 Å². The van der Waals surface area contributed by atoms with Crippen LogP contribution in [0, 0.1) is 5.92 Å². The molecule has 1 atom stereocenters. The monoisotopic (exact) mass is 317 g/mol. The standard InChI is InChI=1S/C16H19N3O4/c1-9(2)12(16(22)23-4)17-15(21)13-14(20)10-7-5-6-8-11(10)19(3)18-13/h5-9,12H,1-4H3,(H,17,21). The molecule has 0 spiro atoms. The van der Waals surface area contributed by atoms with Crippen molar-refractivity contribution < 1.29 is 14.3 Å². The van der Waals surface area contributed by atoms with E-state index >= 15 is 0 Å². The van der Waals surface area contributed by atoms with Crippen LogP contribution < -0.4 is 10.7 Å². The molecule has 0 aliphatic carbocycles. The number of hydrogen-bond donors (Lipinski definition) is 1. The van der Waals surface area contributed by atoms with E-state index in [0.717, 1.165) is 0 Å². The van der Waals surface area contributed by atoms with Gasteiger partial charge in [0.2, 0.25) is 5.43 Å². The highest BCUT2D eigenvalue weighted by Gasteiger charge is 2.27. The van der Waals surface area contributed by atoms with Crippen molar-refractivity contribution in [2.45, 2.75) is 19.9 Å². The van der Waals surface area contributed by atoms with Crippen molar-refractivity contribution in [1.82, 2.24) is 15.1 Å². The van der Waals surface area contributed by atoms with E-state index in [1.807, 2.05) is 0 Å². The summed E-state index contributed by atoms with van der Waals surface area (Å²) in [5.74, 6) is -1.44. The van der Waals surface area contributed by atoms with E-state index in [1.54, 1.807) is 45.2 Å². The molecule has 0 saturated carbocycles. The first kappa shape index (κ1) is 16.7. The molecule has 1 N–H and O–H groups in total. The minimum Gasteiger partial charge on any atom is -0.467 e. The zero-order valence-corrected chi connectivity index (χ0v) is 13.5. The highest BCUT2D eigenvalue weighted by Crippen LogP contribution is 2.09. The summed E-state index contributed by atoms with van der Waals surface area (Å²) in [7, 11) is 2.90. The molecule has 0 aliphatic rings. The smallest absolute Gasteiger partial charge is 0.328 e. The normalized spacial score (nSPS) is 12.2. The number of aromatic nitrogens is 2. The SMILES string of the molecule is COC(=O)C(NC(=O)c1nn(C)c2ccccc2c1=O)C(C)C. The van der Waals surface area contributed by atoms with E-state index in [1.165, 1.54) is 11.8 Å². The van der Waals surface area contributed by atoms with Gasteiger partial charge in [-0.05, 0) is 18.1 Å². The van der Waals surface area contributed by atoms with Crippen LogP contribution in [0.1, 0.15) is 24.3 Å². The third kappa shape index (κ3) is 3.23. The third-order valence-electron chi connectivity index (χ3n) is 3.59. The highest BCUT2D eigenvalue weighted by atomic mass is 16.5. The Kier molecular flexibility index (Phi) is 4.78. The summed E-state index contributed by atoms with van der Waals surface area (Å²) >= 11 is 0. The summed E-state index contributed by atoms with van der Waals surface area (Å²) < 4.78 is 6.14. The average Bonchev–Trinajstić information content (AvgIpc) is 2.54. The Balaban J connectivity index is 2.44. The lowest BCUT2D eigenvalue weighted by molar-refractivity contribution is -0.144. The summed E-state index contributed by atoms with van der Waals surface area (Å²) in [5, 5.41) is 6.96. The number of rotatable bonds is 4. The van der Waals surface area contributed by atoms with Gasteiger partial charge in [0.05, 0.1) is 12.6 Å². The van der Waals surface area contributed by atoms with Crippen LogP contribution in [0.4, 0.5) is 0 Å². The molecular weight excluding hydrogens is 298 g/mol. The number of fused-ring (bicyclic) bond motifs is 1. The van der Waals surface area contributed by atoms with Gasteiger partial charge in [-0.25, -0.2) is 4.79 Å². The summed E-state index contributed by atoms with van der Waals surface area (Å²) in [6, 6.07) is 6.05. The Morgan fingerprint density at radius 2 is 1.91 bits per heavy atom. The second kappa shape index (κ2) is 6.60. The van der Waals surface area contributed by atoms with E-state index in [0.29, 0.717) is 10.9 Å². The molecule has 2 rings (SSSR count). The Bertz CT molecular complexity index is 811. The first-order valence-electron chi connectivity index (χ1n) is 7.21. The van der Waals surface area contributed by atoms with E-state index in [4.69, 9.17) is 0 Å². The zero-order chi connectivity index (χ0) is 17.1. The van der Waals surface area contributed by atoms with Crippen LogP contribution in [0.25, 0.3) is 10.9 Å². The maximum atomic E-state index is 12.5. The molecule has 7 heteroatoms. The second-order valence-electron chi connectivity index (χ2n) is 5.54. The molecular formula is C16H19N3O4. The van der Waals surface area contributed by atoms with E-state index in [2.05, 4.69) is 15.2 Å². The largest absolute Gasteiger partial charge is 0.467 e. The fraction of sp³-hybridized carbons (Fsp3) is 0.375. The number of benzene rings is 1. The molecule has 1 heterocycles. The number of methoxy groups -OCH3 is 1. The Labute approximate surface area is 133 Å². The highest BCUT2D eigenvalue weighted by molar-refractivity contribution is 5.97. The number of nitrogens with zero attached hydrogens (tertiary/aromatic N) is 2. The van der Waals surface area contributed by atoms with Gasteiger partial charge in [-0.1, -0.05) is 26.0 Å². The number of para-hydroxylation sites is 1. The topological polar surface area (TPSA) is 90.3 Å². The van der Waals surface area contributed by atoms with Gasteiger partial charge >= 0.3 is 5.97 Å². The lowest BCUT2D eigenvalue weighted by Gasteiger charge is -2.19. The van der Waals surface area contributed by atoms with Gasteiger partial charge < -0.3 is 10.1 Å². The van der Waals surface area contributed by atoms with Crippen molar-refractivity contribution in [1.29, 1.82) is 0 Å². The molecule has 23 heavy (non-hydrogen) atoms. The van der Waals surface area contributed by atoms with Crippen LogP contribution in [0.15, 0.2) is 29.1 Å². The number of esters is 1. The Morgan fingerprint density at radius 1 is 1.26 bits per heavy atom. The average molecular weight is 317 g/mol. The molecule has 7 nitrogen and oxygen atoms in total. The maximum Gasteiger partial charge on any atom is 0.328 e. The van der Waals surface area contributed by atoms with Crippen molar-refractivity contribution in [3.63, 3.8) is 0 Å². The first-order valence-corrected chi connectivity index (χ1v) is 7.21. The molecule has 0 radical (unpaired) electrons. The van der Waals surface area contributed by atoms with Crippen LogP contribution in [-0.4, -0.2) is 34.8 Å². The number of hydrogen-bond acceptors (Lipinski definition) is 5. The quantitative estimate of drug-likeness (QED) is 0.845. The van der Waals surface area contributed by atoms with Crippen molar-refractivity contribution in [2.24, 2.45) is 13.0 Å². The number of ether oxygens (including phenoxy) is 1. The van der Waals surface area contributed by atoms with Crippen molar-refractivity contribution in [2.75, 3.05) is 7.11 Å². The van der Waals surface area contributed by atoms with Gasteiger partial charge in [0.1, 0.15) is 6.04 Å². The molecule has 1 aromatic heterocycles. The fourth-order valence-corrected chi connectivity index (χ4v) is 2.31. The minimum atomic E-state index is -0.842. The van der Waals surface area contributed by atoms with Crippen molar-refractivity contribution >= 4 is 22.8 Å². The Morgan fingerprint density at radius 3 is 2.52 bits per heavy atom.